The Balaban J connectivity index is 2.40. The molecule has 84 valence electrons. The average Bonchev–Trinajstić information content (AvgIpc) is 2.59. The summed E-state index contributed by atoms with van der Waals surface area (Å²) in [5.74, 6) is -0.330. The van der Waals surface area contributed by atoms with E-state index in [4.69, 9.17) is 5.73 Å². The Morgan fingerprint density at radius 2 is 2.31 bits per heavy atom. The molecule has 0 saturated carbocycles. The van der Waals surface area contributed by atoms with Crippen LogP contribution in [0, 0.1) is 6.92 Å². The van der Waals surface area contributed by atoms with Gasteiger partial charge in [-0.15, -0.1) is 11.3 Å². The number of hydrogen-bond donors (Lipinski definition) is 1. The topological polar surface area (TPSA) is 68.9 Å². The lowest BCUT2D eigenvalue weighted by atomic mass is 10.4. The molecule has 6 heteroatoms. The first-order chi connectivity index (χ1) is 7.58. The van der Waals surface area contributed by atoms with E-state index in [1.54, 1.807) is 18.3 Å². The lowest BCUT2D eigenvalue weighted by Gasteiger charge is -2.06. The molecule has 2 heterocycles. The summed E-state index contributed by atoms with van der Waals surface area (Å²) >= 11 is 3.00. The molecule has 2 aromatic rings. The second kappa shape index (κ2) is 4.39. The van der Waals surface area contributed by atoms with Crippen LogP contribution in [0.4, 0.5) is 0 Å². The van der Waals surface area contributed by atoms with E-state index in [1.807, 2.05) is 13.0 Å². The molecule has 0 aliphatic heterocycles. The molecule has 0 aromatic carbocycles. The van der Waals surface area contributed by atoms with Gasteiger partial charge in [0.1, 0.15) is 16.2 Å². The number of amides is 1. The minimum atomic E-state index is -0.330. The molecule has 2 aromatic heterocycles. The van der Waals surface area contributed by atoms with E-state index in [9.17, 15) is 4.79 Å². The van der Waals surface area contributed by atoms with Crippen LogP contribution in [-0.4, -0.2) is 21.1 Å². The van der Waals surface area contributed by atoms with Gasteiger partial charge in [-0.2, -0.15) is 0 Å². The smallest absolute Gasteiger partial charge is 0.230 e. The number of rotatable bonds is 3. The number of carbonyl (C=O) groups is 1. The number of thioether (sulfide) groups is 1. The third kappa shape index (κ3) is 2.17. The van der Waals surface area contributed by atoms with Crippen molar-refractivity contribution >= 4 is 39.2 Å². The van der Waals surface area contributed by atoms with Crippen LogP contribution in [0.25, 0.3) is 10.2 Å². The molecule has 0 fully saturated rings. The van der Waals surface area contributed by atoms with Crippen molar-refractivity contribution < 1.29 is 4.79 Å². The van der Waals surface area contributed by atoms with Crippen molar-refractivity contribution in [3.05, 3.63) is 17.3 Å². The standard InChI is InChI=1S/C10H11N3OS2/c1-5-3-7-9(15-5)12-4-13-10(7)16-6(2)8(11)14/h3-4,6H,1-2H3,(H2,11,14). The zero-order valence-corrected chi connectivity index (χ0v) is 10.6. The summed E-state index contributed by atoms with van der Waals surface area (Å²) in [6.45, 7) is 3.80. The summed E-state index contributed by atoms with van der Waals surface area (Å²) < 4.78 is 0. The summed E-state index contributed by atoms with van der Waals surface area (Å²) in [5.41, 5.74) is 5.23. The van der Waals surface area contributed by atoms with E-state index in [1.165, 1.54) is 23.0 Å². The quantitative estimate of drug-likeness (QED) is 0.670. The number of nitrogens with zero attached hydrogens (tertiary/aromatic N) is 2. The van der Waals surface area contributed by atoms with Gasteiger partial charge in [-0.3, -0.25) is 4.79 Å². The second-order valence-corrected chi connectivity index (χ2v) is 5.98. The molecule has 2 N–H and O–H groups in total. The first-order valence-corrected chi connectivity index (χ1v) is 6.44. The normalized spacial score (nSPS) is 12.9. The molecule has 16 heavy (non-hydrogen) atoms. The van der Waals surface area contributed by atoms with Gasteiger partial charge < -0.3 is 5.73 Å². The molecular formula is C10H11N3OS2. The van der Waals surface area contributed by atoms with E-state index in [-0.39, 0.29) is 11.2 Å². The fourth-order valence-corrected chi connectivity index (χ4v) is 3.03. The maximum absolute atomic E-state index is 11.0. The lowest BCUT2D eigenvalue weighted by molar-refractivity contribution is -0.117. The van der Waals surface area contributed by atoms with Crippen molar-refractivity contribution in [2.75, 3.05) is 0 Å². The molecule has 0 spiro atoms. The van der Waals surface area contributed by atoms with Gasteiger partial charge in [0.15, 0.2) is 0 Å². The minimum Gasteiger partial charge on any atom is -0.369 e. The van der Waals surface area contributed by atoms with Crippen molar-refractivity contribution in [1.82, 2.24) is 9.97 Å². The van der Waals surface area contributed by atoms with Gasteiger partial charge >= 0.3 is 0 Å². The Kier molecular flexibility index (Phi) is 3.11. The molecular weight excluding hydrogens is 242 g/mol. The van der Waals surface area contributed by atoms with Crippen LogP contribution in [0.2, 0.25) is 0 Å². The Hall–Kier alpha value is -1.14. The number of carbonyl (C=O) groups excluding carboxylic acids is 1. The maximum atomic E-state index is 11.0. The zero-order valence-electron chi connectivity index (χ0n) is 8.93. The highest BCUT2D eigenvalue weighted by atomic mass is 32.2. The Bertz CT molecular complexity index is 538. The molecule has 0 aliphatic rings. The Morgan fingerprint density at radius 1 is 1.56 bits per heavy atom. The summed E-state index contributed by atoms with van der Waals surface area (Å²) in [5, 5.41) is 1.54. The van der Waals surface area contributed by atoms with Crippen LogP contribution < -0.4 is 5.73 Å². The molecule has 1 unspecified atom stereocenters. The number of fused-ring (bicyclic) bond motifs is 1. The third-order valence-corrected chi connectivity index (χ3v) is 4.20. The van der Waals surface area contributed by atoms with Crippen molar-refractivity contribution in [2.45, 2.75) is 24.1 Å². The maximum Gasteiger partial charge on any atom is 0.230 e. The second-order valence-electron chi connectivity index (χ2n) is 3.42. The SMILES string of the molecule is Cc1cc2c(SC(C)C(N)=O)ncnc2s1. The van der Waals surface area contributed by atoms with Gasteiger partial charge in [-0.1, -0.05) is 11.8 Å². The van der Waals surface area contributed by atoms with Gasteiger partial charge in [0.2, 0.25) is 5.91 Å². The number of aromatic nitrogens is 2. The minimum absolute atomic E-state index is 0.279. The van der Waals surface area contributed by atoms with E-state index in [0.29, 0.717) is 0 Å². The molecule has 0 bridgehead atoms. The molecule has 0 saturated heterocycles. The van der Waals surface area contributed by atoms with Crippen LogP contribution in [0.1, 0.15) is 11.8 Å². The predicted molar refractivity (Wildman–Crippen MR) is 66.7 cm³/mol. The van der Waals surface area contributed by atoms with Gasteiger partial charge in [0, 0.05) is 10.3 Å². The highest BCUT2D eigenvalue weighted by Crippen LogP contribution is 2.32. The largest absolute Gasteiger partial charge is 0.369 e. The van der Waals surface area contributed by atoms with Crippen molar-refractivity contribution in [1.29, 1.82) is 0 Å². The monoisotopic (exact) mass is 253 g/mol. The van der Waals surface area contributed by atoms with Crippen LogP contribution in [0.5, 0.6) is 0 Å². The Morgan fingerprint density at radius 3 is 3.00 bits per heavy atom. The first kappa shape index (κ1) is 11.3. The van der Waals surface area contributed by atoms with E-state index < -0.39 is 0 Å². The fourth-order valence-electron chi connectivity index (χ4n) is 1.27. The highest BCUT2D eigenvalue weighted by Gasteiger charge is 2.14. The van der Waals surface area contributed by atoms with Crippen LogP contribution in [-0.2, 0) is 4.79 Å². The third-order valence-electron chi connectivity index (χ3n) is 2.11. The number of thiophene rings is 1. The van der Waals surface area contributed by atoms with Crippen LogP contribution >= 0.6 is 23.1 Å². The first-order valence-electron chi connectivity index (χ1n) is 4.75. The van der Waals surface area contributed by atoms with E-state index in [2.05, 4.69) is 9.97 Å². The molecule has 0 radical (unpaired) electrons. The van der Waals surface area contributed by atoms with Gasteiger partial charge in [0.25, 0.3) is 0 Å². The lowest BCUT2D eigenvalue weighted by Crippen LogP contribution is -2.22. The van der Waals surface area contributed by atoms with E-state index >= 15 is 0 Å². The van der Waals surface area contributed by atoms with E-state index in [0.717, 1.165) is 15.2 Å². The molecule has 2 rings (SSSR count). The molecule has 1 amide bonds. The summed E-state index contributed by atoms with van der Waals surface area (Å²) in [4.78, 5) is 21.5. The number of hydrogen-bond acceptors (Lipinski definition) is 5. The van der Waals surface area contributed by atoms with Crippen LogP contribution in [0.3, 0.4) is 0 Å². The Labute approximate surface area is 101 Å². The number of nitrogens with two attached hydrogens (primary N) is 1. The number of primary amides is 1. The van der Waals surface area contributed by atoms with Gasteiger partial charge in [0.05, 0.1) is 5.25 Å². The van der Waals surface area contributed by atoms with Gasteiger partial charge in [-0.25, -0.2) is 9.97 Å². The van der Waals surface area contributed by atoms with Gasteiger partial charge in [-0.05, 0) is 19.9 Å². The zero-order chi connectivity index (χ0) is 11.7. The fraction of sp³-hybridized carbons (Fsp3) is 0.300. The summed E-state index contributed by atoms with van der Waals surface area (Å²) in [6.07, 6.45) is 1.52. The van der Waals surface area contributed by atoms with Crippen molar-refractivity contribution in [3.8, 4) is 0 Å². The average molecular weight is 253 g/mol. The number of aryl methyl sites for hydroxylation is 1. The van der Waals surface area contributed by atoms with Crippen LogP contribution in [0.15, 0.2) is 17.4 Å². The molecule has 1 atom stereocenters. The van der Waals surface area contributed by atoms with Crippen molar-refractivity contribution in [2.24, 2.45) is 5.73 Å². The summed E-state index contributed by atoms with van der Waals surface area (Å²) in [6, 6.07) is 2.04. The highest BCUT2D eigenvalue weighted by molar-refractivity contribution is 8.00. The van der Waals surface area contributed by atoms with Crippen molar-refractivity contribution in [3.63, 3.8) is 0 Å². The molecule has 0 aliphatic carbocycles. The predicted octanol–water partition coefficient (Wildman–Crippen LogP) is 1.97. The summed E-state index contributed by atoms with van der Waals surface area (Å²) in [7, 11) is 0. The molecule has 4 nitrogen and oxygen atoms in total.